The molecule has 0 unspecified atom stereocenters. The number of morpholine rings is 1. The van der Waals surface area contributed by atoms with Gasteiger partial charge < -0.3 is 9.64 Å². The predicted molar refractivity (Wildman–Crippen MR) is 81.6 cm³/mol. The lowest BCUT2D eigenvalue weighted by molar-refractivity contribution is -0.159. The molecule has 4 rings (SSSR count). The van der Waals surface area contributed by atoms with Crippen LogP contribution < -0.4 is 0 Å². The van der Waals surface area contributed by atoms with E-state index in [0.717, 1.165) is 31.2 Å². The summed E-state index contributed by atoms with van der Waals surface area (Å²) < 4.78 is 5.21. The van der Waals surface area contributed by atoms with Crippen molar-refractivity contribution >= 4 is 23.5 Å². The molecule has 0 spiro atoms. The summed E-state index contributed by atoms with van der Waals surface area (Å²) in [6, 6.07) is 7.22. The number of esters is 1. The van der Waals surface area contributed by atoms with Gasteiger partial charge in [-0.1, -0.05) is 36.6 Å². The first-order chi connectivity index (χ1) is 10.6. The van der Waals surface area contributed by atoms with Crippen LogP contribution >= 0.6 is 11.6 Å². The Bertz CT molecular complexity index is 621. The number of likely N-dealkylation sites (tertiary alicyclic amines) is 1. The maximum absolute atomic E-state index is 13.3. The highest BCUT2D eigenvalue weighted by Gasteiger charge is 2.54. The van der Waals surface area contributed by atoms with E-state index in [1.807, 2.05) is 24.3 Å². The highest BCUT2D eigenvalue weighted by atomic mass is 35.5. The molecule has 2 aliphatic heterocycles. The molecule has 2 saturated heterocycles. The summed E-state index contributed by atoms with van der Waals surface area (Å²) in [4.78, 5) is 26.9. The molecule has 0 aromatic heterocycles. The quantitative estimate of drug-likeness (QED) is 0.787. The molecule has 2 bridgehead atoms. The highest BCUT2D eigenvalue weighted by Crippen LogP contribution is 2.45. The molecule has 0 radical (unpaired) electrons. The van der Waals surface area contributed by atoms with Gasteiger partial charge in [0.1, 0.15) is 12.1 Å². The number of amides is 1. The Morgan fingerprint density at radius 1 is 1.23 bits per heavy atom. The van der Waals surface area contributed by atoms with Crippen LogP contribution in [0.25, 0.3) is 0 Å². The Morgan fingerprint density at radius 3 is 2.50 bits per heavy atom. The van der Waals surface area contributed by atoms with E-state index in [9.17, 15) is 9.59 Å². The highest BCUT2D eigenvalue weighted by molar-refractivity contribution is 6.30. The fourth-order valence-electron chi connectivity index (χ4n) is 4.22. The molecule has 1 saturated carbocycles. The number of rotatable bonds is 2. The number of benzene rings is 1. The fraction of sp³-hybridized carbons (Fsp3) is 0.529. The van der Waals surface area contributed by atoms with E-state index >= 15 is 0 Å². The van der Waals surface area contributed by atoms with Gasteiger partial charge in [0.2, 0.25) is 5.91 Å². The van der Waals surface area contributed by atoms with E-state index in [-0.39, 0.29) is 24.0 Å². The Kier molecular flexibility index (Phi) is 3.19. The second kappa shape index (κ2) is 4.98. The molecule has 3 aliphatic rings. The number of carbonyl (C=O) groups excluding carboxylic acids is 2. The number of halogens is 1. The molecule has 116 valence electrons. The maximum Gasteiger partial charge on any atom is 0.329 e. The molecule has 2 atom stereocenters. The summed E-state index contributed by atoms with van der Waals surface area (Å²) >= 11 is 5.98. The number of nitrogens with zero attached hydrogens (tertiary/aromatic N) is 1. The van der Waals surface area contributed by atoms with Crippen LogP contribution in [0.3, 0.4) is 0 Å². The molecule has 1 aromatic rings. The lowest BCUT2D eigenvalue weighted by Crippen LogP contribution is -2.52. The topological polar surface area (TPSA) is 46.6 Å². The zero-order valence-corrected chi connectivity index (χ0v) is 13.0. The SMILES string of the molecule is O=C1O[C@@H]2C[C@H]1N(C(=O)C1(c3ccc(Cl)cc3)CCCC1)C2. The van der Waals surface area contributed by atoms with Crippen molar-refractivity contribution < 1.29 is 14.3 Å². The molecular formula is C17H18ClNO3. The molecule has 0 N–H and O–H groups in total. The van der Waals surface area contributed by atoms with Crippen LogP contribution in [0, 0.1) is 0 Å². The van der Waals surface area contributed by atoms with Gasteiger partial charge in [-0.3, -0.25) is 4.79 Å². The number of carbonyl (C=O) groups is 2. The van der Waals surface area contributed by atoms with Crippen LogP contribution in [0.15, 0.2) is 24.3 Å². The van der Waals surface area contributed by atoms with Crippen LogP contribution in [-0.4, -0.2) is 35.5 Å². The van der Waals surface area contributed by atoms with Crippen LogP contribution in [0.4, 0.5) is 0 Å². The Labute approximate surface area is 134 Å². The third-order valence-corrected chi connectivity index (χ3v) is 5.59. The van der Waals surface area contributed by atoms with Gasteiger partial charge in [0.25, 0.3) is 0 Å². The Hall–Kier alpha value is -1.55. The van der Waals surface area contributed by atoms with E-state index in [0.29, 0.717) is 18.0 Å². The summed E-state index contributed by atoms with van der Waals surface area (Å²) in [5.74, 6) is -0.148. The number of hydrogen-bond donors (Lipinski definition) is 0. The molecule has 4 nitrogen and oxygen atoms in total. The lowest BCUT2D eigenvalue weighted by atomic mass is 9.77. The number of fused-ring (bicyclic) bond motifs is 2. The maximum atomic E-state index is 13.3. The second-order valence-electron chi connectivity index (χ2n) is 6.56. The van der Waals surface area contributed by atoms with E-state index in [2.05, 4.69) is 0 Å². The molecule has 5 heteroatoms. The minimum absolute atomic E-state index is 0.0940. The van der Waals surface area contributed by atoms with Crippen molar-refractivity contribution in [1.29, 1.82) is 0 Å². The van der Waals surface area contributed by atoms with Gasteiger partial charge in [-0.15, -0.1) is 0 Å². The largest absolute Gasteiger partial charge is 0.459 e. The summed E-state index contributed by atoms with van der Waals surface area (Å²) in [6.45, 7) is 0.546. The normalized spacial score (nSPS) is 29.0. The van der Waals surface area contributed by atoms with E-state index in [4.69, 9.17) is 16.3 Å². The van der Waals surface area contributed by atoms with Crippen molar-refractivity contribution in [3.05, 3.63) is 34.9 Å². The van der Waals surface area contributed by atoms with Gasteiger partial charge in [0.15, 0.2) is 0 Å². The first kappa shape index (κ1) is 14.1. The van der Waals surface area contributed by atoms with Gasteiger partial charge in [-0.2, -0.15) is 0 Å². The van der Waals surface area contributed by atoms with Crippen molar-refractivity contribution in [2.75, 3.05) is 6.54 Å². The molecule has 1 amide bonds. The molecule has 22 heavy (non-hydrogen) atoms. The van der Waals surface area contributed by atoms with Gasteiger partial charge in [0, 0.05) is 11.4 Å². The monoisotopic (exact) mass is 319 g/mol. The molecular weight excluding hydrogens is 302 g/mol. The molecule has 1 aromatic carbocycles. The molecule has 3 fully saturated rings. The van der Waals surface area contributed by atoms with Crippen molar-refractivity contribution in [3.63, 3.8) is 0 Å². The predicted octanol–water partition coefficient (Wildman–Crippen LogP) is 2.68. The summed E-state index contributed by atoms with van der Waals surface area (Å²) in [5, 5.41) is 0.674. The van der Waals surface area contributed by atoms with Gasteiger partial charge in [0.05, 0.1) is 12.0 Å². The number of hydrogen-bond acceptors (Lipinski definition) is 3. The first-order valence-corrected chi connectivity index (χ1v) is 8.25. The van der Waals surface area contributed by atoms with E-state index < -0.39 is 5.41 Å². The lowest BCUT2D eigenvalue weighted by Gasteiger charge is -2.36. The van der Waals surface area contributed by atoms with Crippen LogP contribution in [0.5, 0.6) is 0 Å². The van der Waals surface area contributed by atoms with Crippen molar-refractivity contribution in [2.24, 2.45) is 0 Å². The molecule has 2 heterocycles. The average Bonchev–Trinajstić information content (AvgIpc) is 3.22. The fourth-order valence-corrected chi connectivity index (χ4v) is 4.35. The summed E-state index contributed by atoms with van der Waals surface area (Å²) in [6.07, 6.45) is 4.32. The van der Waals surface area contributed by atoms with Crippen LogP contribution in [-0.2, 0) is 19.7 Å². The van der Waals surface area contributed by atoms with Gasteiger partial charge in [-0.05, 0) is 30.5 Å². The zero-order chi connectivity index (χ0) is 15.3. The van der Waals surface area contributed by atoms with Crippen molar-refractivity contribution in [1.82, 2.24) is 4.90 Å². The minimum Gasteiger partial charge on any atom is -0.459 e. The van der Waals surface area contributed by atoms with Crippen molar-refractivity contribution in [3.8, 4) is 0 Å². The first-order valence-electron chi connectivity index (χ1n) is 7.88. The van der Waals surface area contributed by atoms with Crippen molar-refractivity contribution in [2.45, 2.75) is 49.7 Å². The smallest absolute Gasteiger partial charge is 0.329 e. The second-order valence-corrected chi connectivity index (χ2v) is 7.00. The summed E-state index contributed by atoms with van der Waals surface area (Å²) in [7, 11) is 0. The zero-order valence-electron chi connectivity index (χ0n) is 12.3. The van der Waals surface area contributed by atoms with E-state index in [1.54, 1.807) is 4.90 Å². The van der Waals surface area contributed by atoms with Gasteiger partial charge >= 0.3 is 5.97 Å². The van der Waals surface area contributed by atoms with Crippen LogP contribution in [0.1, 0.15) is 37.7 Å². The third kappa shape index (κ3) is 1.97. The number of ether oxygens (including phenoxy) is 1. The standard InChI is InChI=1S/C17H18ClNO3/c18-12-5-3-11(4-6-12)17(7-1-2-8-17)16(21)19-10-13-9-14(19)15(20)22-13/h3-6,13-14H,1-2,7-10H2/t13-,14-/m1/s1. The van der Waals surface area contributed by atoms with Crippen LogP contribution in [0.2, 0.25) is 5.02 Å². The third-order valence-electron chi connectivity index (χ3n) is 5.34. The van der Waals surface area contributed by atoms with Gasteiger partial charge in [-0.25, -0.2) is 4.79 Å². The minimum atomic E-state index is -0.491. The average molecular weight is 320 g/mol. The summed E-state index contributed by atoms with van der Waals surface area (Å²) in [5.41, 5.74) is 0.533. The van der Waals surface area contributed by atoms with E-state index in [1.165, 1.54) is 0 Å². The molecule has 1 aliphatic carbocycles. The Balaban J connectivity index is 1.69. The Morgan fingerprint density at radius 2 is 1.91 bits per heavy atom.